The minimum atomic E-state index is 0.811. The van der Waals surface area contributed by atoms with Crippen molar-refractivity contribution in [3.8, 4) is 11.1 Å². The fraction of sp³-hybridized carbons (Fsp3) is 0.0294. The van der Waals surface area contributed by atoms with Crippen molar-refractivity contribution >= 4 is 118 Å². The van der Waals surface area contributed by atoms with E-state index in [0.29, 0.717) is 0 Å². The molecule has 0 aliphatic rings. The zero-order valence-corrected chi connectivity index (χ0v) is 41.2. The molecule has 0 atom stereocenters. The van der Waals surface area contributed by atoms with Crippen molar-refractivity contribution in [1.29, 1.82) is 0 Å². The number of furan rings is 2. The average molecular weight is 955 g/mol. The molecule has 5 aromatic heterocycles. The van der Waals surface area contributed by atoms with Gasteiger partial charge in [0.2, 0.25) is 0 Å². The highest BCUT2D eigenvalue weighted by molar-refractivity contribution is 6.21. The van der Waals surface area contributed by atoms with Gasteiger partial charge in [-0.15, -0.1) is 0 Å². The second-order valence-corrected chi connectivity index (χ2v) is 19.0. The first-order chi connectivity index (χ1) is 36.3. The van der Waals surface area contributed by atoms with Crippen LogP contribution in [0.25, 0.3) is 112 Å². The van der Waals surface area contributed by atoms with Gasteiger partial charge in [0.1, 0.15) is 11.2 Å². The molecule has 0 radical (unpaired) electrons. The highest BCUT2D eigenvalue weighted by atomic mass is 16.3. The molecule has 5 heterocycles. The van der Waals surface area contributed by atoms with Crippen LogP contribution in [0.1, 0.15) is 16.7 Å². The number of hydrogen-bond donors (Lipinski definition) is 1. The molecule has 0 spiro atoms. The lowest BCUT2D eigenvalue weighted by molar-refractivity contribution is 0.612. The van der Waals surface area contributed by atoms with Gasteiger partial charge in [0.15, 0.2) is 5.58 Å². The van der Waals surface area contributed by atoms with E-state index in [4.69, 9.17) is 15.4 Å². The van der Waals surface area contributed by atoms with Gasteiger partial charge in [0.05, 0.1) is 28.5 Å². The Morgan fingerprint density at radius 1 is 0.635 bits per heavy atom. The Bertz CT molecular complexity index is 4670. The van der Waals surface area contributed by atoms with E-state index in [1.165, 1.54) is 10.8 Å². The lowest BCUT2D eigenvalue weighted by Gasteiger charge is -2.26. The van der Waals surface area contributed by atoms with E-state index >= 15 is 0 Å². The molecule has 13 aromatic rings. The van der Waals surface area contributed by atoms with Crippen LogP contribution in [0.15, 0.2) is 241 Å². The van der Waals surface area contributed by atoms with Gasteiger partial charge in [-0.2, -0.15) is 0 Å². The van der Waals surface area contributed by atoms with Gasteiger partial charge in [-0.05, 0) is 97.3 Å². The first kappa shape index (κ1) is 44.2. The summed E-state index contributed by atoms with van der Waals surface area (Å²) in [4.78, 5) is 8.22. The van der Waals surface area contributed by atoms with Gasteiger partial charge in [0, 0.05) is 99.3 Å². The summed E-state index contributed by atoms with van der Waals surface area (Å²) < 4.78 is 14.9. The number of H-pyrrole nitrogens is 1. The van der Waals surface area contributed by atoms with E-state index in [1.807, 2.05) is 48.8 Å². The van der Waals surface area contributed by atoms with Gasteiger partial charge in [-0.1, -0.05) is 160 Å². The van der Waals surface area contributed by atoms with Crippen molar-refractivity contribution in [2.45, 2.75) is 13.8 Å². The van der Waals surface area contributed by atoms with E-state index in [9.17, 15) is 0 Å². The molecule has 0 bridgehead atoms. The first-order valence-electron chi connectivity index (χ1n) is 24.8. The molecule has 354 valence electrons. The number of aryl methyl sites for hydroxylation is 2. The lowest BCUT2D eigenvalue weighted by Crippen LogP contribution is -2.26. The Labute approximate surface area is 427 Å². The minimum Gasteiger partial charge on any atom is -0.463 e. The molecule has 6 heteroatoms. The molecule has 74 heavy (non-hydrogen) atoms. The average Bonchev–Trinajstić information content (AvgIpc) is 4.25. The Kier molecular flexibility index (Phi) is 10.5. The van der Waals surface area contributed by atoms with Crippen LogP contribution in [0.5, 0.6) is 0 Å². The van der Waals surface area contributed by atoms with E-state index in [-0.39, 0.29) is 0 Å². The zero-order valence-electron chi connectivity index (χ0n) is 41.2. The molecule has 0 unspecified atom stereocenters. The van der Waals surface area contributed by atoms with Crippen LogP contribution in [0.2, 0.25) is 0 Å². The number of rotatable bonds is 12. The predicted octanol–water partition coefficient (Wildman–Crippen LogP) is 17.1. The first-order valence-corrected chi connectivity index (χ1v) is 24.8. The van der Waals surface area contributed by atoms with Crippen LogP contribution in [-0.4, -0.2) is 9.38 Å². The van der Waals surface area contributed by atoms with Crippen molar-refractivity contribution in [1.82, 2.24) is 9.38 Å². The normalized spacial score (nSPS) is 12.7. The monoisotopic (exact) mass is 954 g/mol. The number of allylic oxidation sites excluding steroid dienone is 6. The Morgan fingerprint density at radius 2 is 1.34 bits per heavy atom. The van der Waals surface area contributed by atoms with Crippen LogP contribution in [-0.2, 0) is 0 Å². The largest absolute Gasteiger partial charge is 0.463 e. The molecular formula is C68H50N4O2. The molecule has 13 rings (SSSR count). The number of aromatic nitrogens is 2. The summed E-state index contributed by atoms with van der Waals surface area (Å²) in [6.07, 6.45) is 17.9. The van der Waals surface area contributed by atoms with Gasteiger partial charge in [-0.3, -0.25) is 0 Å². The molecule has 0 aliphatic heterocycles. The SMILES string of the molecule is C=C/C=C(\C=C)N(c1cccc(-c2cccc3c2[nH]c2cc4c5cccc6/c(=C/C(=C)N(/C=C/C=C\c7coc8c(C)cccc78)c7ccccc7)c(=C)n(c4cc23)c65)c1)c1cccc2c1oc1c(C)cccc12. The van der Waals surface area contributed by atoms with Gasteiger partial charge in [-0.25, -0.2) is 0 Å². The van der Waals surface area contributed by atoms with Crippen LogP contribution in [0, 0.1) is 13.8 Å². The van der Waals surface area contributed by atoms with Crippen LogP contribution < -0.4 is 20.4 Å². The highest BCUT2D eigenvalue weighted by Crippen LogP contribution is 2.43. The minimum absolute atomic E-state index is 0.811. The van der Waals surface area contributed by atoms with Crippen molar-refractivity contribution < 1.29 is 8.83 Å². The smallest absolute Gasteiger partial charge is 0.159 e. The van der Waals surface area contributed by atoms with Gasteiger partial charge >= 0.3 is 0 Å². The highest BCUT2D eigenvalue weighted by Gasteiger charge is 2.22. The standard InChI is InChI=1S/C68H50N4O2/c1-7-20-48(8-2)72(62-35-19-34-57-56-33-15-22-43(4)67(56)74-68(57)62)50-27-16-24-46(38-50)51-28-17-30-53-59-40-63-60(39-61(59)69-64(51)53)55-32-18-31-54-58(45(6)71(63)65(54)55)37-44(5)70(49-25-10-9-11-26-49)36-13-12-23-47-41-73-66-42(3)21-14-29-52(47)66/h7-41,69H,1-2,5-6H2,3-4H3/b23-12-,36-13+,48-20+,58-37+. The number of nitrogens with zero attached hydrogens (tertiary/aromatic N) is 3. The fourth-order valence-corrected chi connectivity index (χ4v) is 11.2. The van der Waals surface area contributed by atoms with Crippen LogP contribution >= 0.6 is 0 Å². The second kappa shape index (κ2) is 17.5. The summed E-state index contributed by atoms with van der Waals surface area (Å²) in [6, 6.07) is 55.7. The number of anilines is 3. The molecule has 0 aliphatic carbocycles. The zero-order chi connectivity index (χ0) is 50.2. The summed E-state index contributed by atoms with van der Waals surface area (Å²) >= 11 is 0. The van der Waals surface area contributed by atoms with Crippen molar-refractivity contribution in [3.63, 3.8) is 0 Å². The fourth-order valence-electron chi connectivity index (χ4n) is 11.2. The quantitative estimate of drug-likeness (QED) is 0.124. The van der Waals surface area contributed by atoms with E-state index in [1.54, 1.807) is 6.08 Å². The molecule has 0 saturated carbocycles. The van der Waals surface area contributed by atoms with Crippen molar-refractivity contribution in [2.75, 3.05) is 9.80 Å². The third-order valence-corrected chi connectivity index (χ3v) is 14.6. The number of nitrogens with one attached hydrogen (secondary N) is 1. The Hall–Kier alpha value is -9.78. The summed E-state index contributed by atoms with van der Waals surface area (Å²) in [5.74, 6) is 0. The number of fused-ring (bicyclic) bond motifs is 10. The van der Waals surface area contributed by atoms with Crippen LogP contribution in [0.4, 0.5) is 17.1 Å². The predicted molar refractivity (Wildman–Crippen MR) is 314 cm³/mol. The third kappa shape index (κ3) is 6.95. The van der Waals surface area contributed by atoms with E-state index in [2.05, 4.69) is 211 Å². The van der Waals surface area contributed by atoms with E-state index < -0.39 is 0 Å². The van der Waals surface area contributed by atoms with Crippen molar-refractivity contribution in [2.24, 2.45) is 0 Å². The number of para-hydroxylation sites is 6. The maximum Gasteiger partial charge on any atom is 0.159 e. The topological polar surface area (TPSA) is 53.0 Å². The number of aromatic amines is 1. The van der Waals surface area contributed by atoms with Crippen molar-refractivity contribution in [3.05, 3.63) is 259 Å². The van der Waals surface area contributed by atoms with Gasteiger partial charge in [0.25, 0.3) is 0 Å². The number of hydrogen-bond acceptors (Lipinski definition) is 4. The summed E-state index contributed by atoms with van der Waals surface area (Å²) in [6.45, 7) is 21.9. The second-order valence-electron chi connectivity index (χ2n) is 19.0. The molecule has 0 saturated heterocycles. The summed E-state index contributed by atoms with van der Waals surface area (Å²) in [5, 5.41) is 10.9. The maximum absolute atomic E-state index is 6.70. The Balaban J connectivity index is 0.903. The Morgan fingerprint density at radius 3 is 2.16 bits per heavy atom. The van der Waals surface area contributed by atoms with Crippen LogP contribution in [0.3, 0.4) is 0 Å². The molecule has 1 N–H and O–H groups in total. The molecule has 8 aromatic carbocycles. The maximum atomic E-state index is 6.70. The third-order valence-electron chi connectivity index (χ3n) is 14.6. The molecule has 0 amide bonds. The van der Waals surface area contributed by atoms with E-state index in [0.717, 1.165) is 138 Å². The van der Waals surface area contributed by atoms with Gasteiger partial charge < -0.3 is 28.0 Å². The summed E-state index contributed by atoms with van der Waals surface area (Å²) in [5.41, 5.74) is 17.0. The molecule has 6 nitrogen and oxygen atoms in total. The lowest BCUT2D eigenvalue weighted by atomic mass is 10.0. The number of benzene rings is 8. The molecule has 0 fully saturated rings. The summed E-state index contributed by atoms with van der Waals surface area (Å²) in [7, 11) is 0. The molecular weight excluding hydrogens is 905 g/mol.